The Morgan fingerprint density at radius 1 is 0.404 bits per heavy atom. The molecule has 0 saturated carbocycles. The van der Waals surface area contributed by atoms with Crippen molar-refractivity contribution in [1.82, 2.24) is 0 Å². The van der Waals surface area contributed by atoms with E-state index in [1.165, 1.54) is 53.2 Å². The van der Waals surface area contributed by atoms with E-state index >= 15 is 0 Å². The van der Waals surface area contributed by atoms with Crippen LogP contribution in [0, 0.1) is 0 Å². The zero-order valence-corrected chi connectivity index (χ0v) is 31.4. The maximum Gasteiger partial charge on any atom is 0.137 e. The first-order chi connectivity index (χ1) is 28.2. The summed E-state index contributed by atoms with van der Waals surface area (Å²) in [6.45, 7) is 0. The highest BCUT2D eigenvalue weighted by Gasteiger charge is 2.51. The highest BCUT2D eigenvalue weighted by molar-refractivity contribution is 7.25. The van der Waals surface area contributed by atoms with Gasteiger partial charge in [-0.3, -0.25) is 0 Å². The van der Waals surface area contributed by atoms with Crippen LogP contribution >= 0.6 is 11.3 Å². The summed E-state index contributed by atoms with van der Waals surface area (Å²) in [5, 5.41) is 7.29. The molecule has 0 amide bonds. The van der Waals surface area contributed by atoms with Crippen LogP contribution in [0.25, 0.3) is 64.0 Å². The molecule has 57 heavy (non-hydrogen) atoms. The molecule has 0 fully saturated rings. The molecule has 0 bridgehead atoms. The zero-order valence-electron chi connectivity index (χ0n) is 30.6. The van der Waals surface area contributed by atoms with E-state index in [4.69, 9.17) is 9.15 Å². The van der Waals surface area contributed by atoms with Gasteiger partial charge in [0.1, 0.15) is 22.7 Å². The molecule has 13 rings (SSSR count). The van der Waals surface area contributed by atoms with E-state index in [9.17, 15) is 0 Å². The molecule has 1 spiro atoms. The molecule has 11 aromatic rings. The zero-order chi connectivity index (χ0) is 37.2. The number of para-hydroxylation sites is 3. The van der Waals surface area contributed by atoms with Gasteiger partial charge < -0.3 is 14.1 Å². The Morgan fingerprint density at radius 2 is 1.02 bits per heavy atom. The van der Waals surface area contributed by atoms with Crippen molar-refractivity contribution >= 4 is 81.3 Å². The SMILES string of the molecule is c1ccc2c(c1)Oc1ccccc1C21c2cc(N(c3ccc4c(c3)oc3ccccc34)c3ccc4c(c3)sc3ccccc34)ccc2-c2c1ccc1ccccc21. The van der Waals surface area contributed by atoms with Crippen molar-refractivity contribution < 1.29 is 9.15 Å². The van der Waals surface area contributed by atoms with Gasteiger partial charge in [-0.25, -0.2) is 0 Å². The van der Waals surface area contributed by atoms with Crippen LogP contribution in [0.5, 0.6) is 11.5 Å². The Labute approximate surface area is 332 Å². The number of anilines is 3. The predicted molar refractivity (Wildman–Crippen MR) is 236 cm³/mol. The van der Waals surface area contributed by atoms with Crippen molar-refractivity contribution in [2.45, 2.75) is 5.41 Å². The lowest BCUT2D eigenvalue weighted by molar-refractivity contribution is 0.436. The Balaban J connectivity index is 1.12. The van der Waals surface area contributed by atoms with Crippen LogP contribution in [0.1, 0.15) is 22.3 Å². The fraction of sp³-hybridized carbons (Fsp3) is 0.0189. The molecule has 0 unspecified atom stereocenters. The maximum absolute atomic E-state index is 6.71. The van der Waals surface area contributed by atoms with Crippen LogP contribution in [0.4, 0.5) is 17.1 Å². The summed E-state index contributed by atoms with van der Waals surface area (Å²) in [5.74, 6) is 1.77. The average molecular weight is 746 g/mol. The summed E-state index contributed by atoms with van der Waals surface area (Å²) in [7, 11) is 0. The molecule has 3 heterocycles. The smallest absolute Gasteiger partial charge is 0.137 e. The van der Waals surface area contributed by atoms with Gasteiger partial charge in [-0.15, -0.1) is 11.3 Å². The maximum atomic E-state index is 6.71. The molecule has 4 heteroatoms. The lowest BCUT2D eigenvalue weighted by Gasteiger charge is -2.39. The first-order valence-corrected chi connectivity index (χ1v) is 20.2. The van der Waals surface area contributed by atoms with E-state index in [0.717, 1.165) is 61.6 Å². The highest BCUT2D eigenvalue weighted by atomic mass is 32.1. The quantitative estimate of drug-likeness (QED) is 0.180. The van der Waals surface area contributed by atoms with Crippen molar-refractivity contribution in [3.63, 3.8) is 0 Å². The number of fused-ring (bicyclic) bond motifs is 17. The number of benzene rings is 9. The molecule has 0 atom stereocenters. The Hall–Kier alpha value is -7.14. The largest absolute Gasteiger partial charge is 0.457 e. The van der Waals surface area contributed by atoms with Crippen LogP contribution in [0.2, 0.25) is 0 Å². The summed E-state index contributed by atoms with van der Waals surface area (Å²) in [4.78, 5) is 2.41. The topological polar surface area (TPSA) is 25.6 Å². The van der Waals surface area contributed by atoms with Gasteiger partial charge >= 0.3 is 0 Å². The summed E-state index contributed by atoms with van der Waals surface area (Å²) in [6, 6.07) is 68.3. The molecular formula is C53H31NO2S. The molecule has 0 saturated heterocycles. The molecule has 9 aromatic carbocycles. The van der Waals surface area contributed by atoms with Crippen molar-refractivity contribution in [2.24, 2.45) is 0 Å². The standard InChI is InChI=1S/C53H31NO2S/c1-2-12-36-32(11-1)21-28-44-52(36)41-27-24-33(29-45(41)53(44)42-15-5-8-18-47(42)56-48-19-9-6-16-43(48)53)54(34-22-25-38-37-13-3-7-17-46(37)55-49(38)30-34)35-23-26-40-39-14-4-10-20-50(39)57-51(40)31-35/h1-31H. The van der Waals surface area contributed by atoms with Gasteiger partial charge in [-0.2, -0.15) is 0 Å². The molecule has 3 nitrogen and oxygen atoms in total. The fourth-order valence-corrected chi connectivity index (χ4v) is 11.1. The second kappa shape index (κ2) is 11.5. The summed E-state index contributed by atoms with van der Waals surface area (Å²) in [6.07, 6.45) is 0. The van der Waals surface area contributed by atoms with Crippen LogP contribution in [0.15, 0.2) is 192 Å². The van der Waals surface area contributed by atoms with E-state index < -0.39 is 5.41 Å². The molecule has 1 aliphatic heterocycles. The van der Waals surface area contributed by atoms with Gasteiger partial charge in [-0.1, -0.05) is 121 Å². The number of ether oxygens (including phenoxy) is 1. The average Bonchev–Trinajstić information content (AvgIpc) is 3.92. The summed E-state index contributed by atoms with van der Waals surface area (Å²) < 4.78 is 15.8. The van der Waals surface area contributed by atoms with Crippen molar-refractivity contribution in [3.8, 4) is 22.6 Å². The van der Waals surface area contributed by atoms with E-state index in [-0.39, 0.29) is 0 Å². The third-order valence-electron chi connectivity index (χ3n) is 12.3. The summed E-state index contributed by atoms with van der Waals surface area (Å²) in [5.41, 5.74) is 11.7. The van der Waals surface area contributed by atoms with Crippen LogP contribution in [-0.2, 0) is 5.41 Å². The minimum absolute atomic E-state index is 0.611. The number of thiophene rings is 1. The number of furan rings is 1. The van der Waals surface area contributed by atoms with Crippen molar-refractivity contribution in [2.75, 3.05) is 4.90 Å². The van der Waals surface area contributed by atoms with Gasteiger partial charge in [0.05, 0.1) is 5.41 Å². The molecule has 266 valence electrons. The Kier molecular flexibility index (Phi) is 6.25. The lowest BCUT2D eigenvalue weighted by Crippen LogP contribution is -2.32. The molecule has 2 aromatic heterocycles. The summed E-state index contributed by atoms with van der Waals surface area (Å²) >= 11 is 1.85. The van der Waals surface area contributed by atoms with Gasteiger partial charge in [0.2, 0.25) is 0 Å². The van der Waals surface area contributed by atoms with Crippen LogP contribution in [-0.4, -0.2) is 0 Å². The Morgan fingerprint density at radius 3 is 1.86 bits per heavy atom. The second-order valence-corrected chi connectivity index (χ2v) is 16.3. The normalized spacial score (nSPS) is 13.5. The van der Waals surface area contributed by atoms with E-state index in [1.54, 1.807) is 0 Å². The predicted octanol–water partition coefficient (Wildman–Crippen LogP) is 15.0. The third-order valence-corrected chi connectivity index (χ3v) is 13.4. The number of nitrogens with zero attached hydrogens (tertiary/aromatic N) is 1. The molecule has 2 aliphatic rings. The molecule has 0 N–H and O–H groups in total. The van der Waals surface area contributed by atoms with Crippen LogP contribution in [0.3, 0.4) is 0 Å². The minimum Gasteiger partial charge on any atom is -0.457 e. The monoisotopic (exact) mass is 745 g/mol. The van der Waals surface area contributed by atoms with Crippen molar-refractivity contribution in [3.05, 3.63) is 210 Å². The first-order valence-electron chi connectivity index (χ1n) is 19.4. The van der Waals surface area contributed by atoms with Crippen LogP contribution < -0.4 is 9.64 Å². The minimum atomic E-state index is -0.611. The van der Waals surface area contributed by atoms with E-state index in [1.807, 2.05) is 23.5 Å². The van der Waals surface area contributed by atoms with Gasteiger partial charge in [-0.05, 0) is 93.7 Å². The lowest BCUT2D eigenvalue weighted by atomic mass is 9.66. The fourth-order valence-electron chi connectivity index (χ4n) is 9.95. The van der Waals surface area contributed by atoms with E-state index in [0.29, 0.717) is 0 Å². The van der Waals surface area contributed by atoms with E-state index in [2.05, 4.69) is 181 Å². The van der Waals surface area contributed by atoms with Crippen molar-refractivity contribution in [1.29, 1.82) is 0 Å². The highest BCUT2D eigenvalue weighted by Crippen LogP contribution is 2.63. The van der Waals surface area contributed by atoms with Gasteiger partial charge in [0.25, 0.3) is 0 Å². The van der Waals surface area contributed by atoms with Gasteiger partial charge in [0.15, 0.2) is 0 Å². The second-order valence-electron chi connectivity index (χ2n) is 15.2. The molecular weight excluding hydrogens is 715 g/mol. The Bertz CT molecular complexity index is 3320. The number of rotatable bonds is 3. The first kappa shape index (κ1) is 31.1. The number of hydrogen-bond donors (Lipinski definition) is 0. The molecule has 1 aliphatic carbocycles. The third kappa shape index (κ3) is 4.20. The van der Waals surface area contributed by atoms with Gasteiger partial charge in [0, 0.05) is 65.2 Å². The molecule has 0 radical (unpaired) electrons. The number of hydrogen-bond acceptors (Lipinski definition) is 4.